The molecule has 3 amide bonds. The Labute approximate surface area is 107 Å². The average Bonchev–Trinajstić information content (AvgIpc) is 2.31. The topological polar surface area (TPSA) is 61.4 Å². The van der Waals surface area contributed by atoms with Crippen molar-refractivity contribution in [1.29, 1.82) is 0 Å². The maximum absolute atomic E-state index is 11.4. The number of amides is 3. The van der Waals surface area contributed by atoms with E-state index in [-0.39, 0.29) is 11.9 Å². The Kier molecular flexibility index (Phi) is 6.29. The highest BCUT2D eigenvalue weighted by Crippen LogP contribution is 2.10. The predicted molar refractivity (Wildman–Crippen MR) is 67.1 cm³/mol. The van der Waals surface area contributed by atoms with E-state index in [0.717, 1.165) is 38.9 Å². The summed E-state index contributed by atoms with van der Waals surface area (Å²) in [5.41, 5.74) is 0. The van der Waals surface area contributed by atoms with E-state index in [1.807, 2.05) is 0 Å². The fourth-order valence-corrected chi connectivity index (χ4v) is 2.07. The Morgan fingerprint density at radius 1 is 1.35 bits per heavy atom. The molecule has 0 unspecified atom stereocenters. The van der Waals surface area contributed by atoms with Crippen LogP contribution in [-0.2, 0) is 4.79 Å². The number of carbonyl (C=O) groups is 2. The molecule has 98 valence electrons. The van der Waals surface area contributed by atoms with Crippen molar-refractivity contribution in [2.45, 2.75) is 32.2 Å². The van der Waals surface area contributed by atoms with Gasteiger partial charge in [-0.1, -0.05) is 6.92 Å². The van der Waals surface area contributed by atoms with Crippen LogP contribution in [0.25, 0.3) is 0 Å². The third kappa shape index (κ3) is 5.37. The monoisotopic (exact) mass is 261 g/mol. The average molecular weight is 262 g/mol. The smallest absolute Gasteiger partial charge is 0.321 e. The molecule has 0 saturated carbocycles. The number of piperidine rings is 1. The van der Waals surface area contributed by atoms with Gasteiger partial charge in [-0.15, -0.1) is 11.6 Å². The summed E-state index contributed by atoms with van der Waals surface area (Å²) >= 11 is 5.29. The van der Waals surface area contributed by atoms with E-state index < -0.39 is 11.9 Å². The Balaban J connectivity index is 2.21. The van der Waals surface area contributed by atoms with Gasteiger partial charge >= 0.3 is 6.03 Å². The number of carbonyl (C=O) groups excluding carboxylic acids is 2. The van der Waals surface area contributed by atoms with E-state index in [1.54, 1.807) is 0 Å². The van der Waals surface area contributed by atoms with Gasteiger partial charge in [-0.25, -0.2) is 4.79 Å². The van der Waals surface area contributed by atoms with Crippen LogP contribution < -0.4 is 10.6 Å². The lowest BCUT2D eigenvalue weighted by atomic mass is 10.1. The second-order valence-electron chi connectivity index (χ2n) is 4.27. The van der Waals surface area contributed by atoms with Gasteiger partial charge in [0.15, 0.2) is 0 Å². The third-order valence-corrected chi connectivity index (χ3v) is 3.08. The lowest BCUT2D eigenvalue weighted by Gasteiger charge is -2.31. The predicted octanol–water partition coefficient (Wildman–Crippen LogP) is 0.925. The van der Waals surface area contributed by atoms with Gasteiger partial charge in [0, 0.05) is 19.1 Å². The fourth-order valence-electron chi connectivity index (χ4n) is 2.00. The summed E-state index contributed by atoms with van der Waals surface area (Å²) in [6.45, 7) is 5.28. The molecule has 0 radical (unpaired) electrons. The number of urea groups is 1. The highest BCUT2D eigenvalue weighted by Gasteiger charge is 2.20. The zero-order valence-corrected chi connectivity index (χ0v) is 10.9. The summed E-state index contributed by atoms with van der Waals surface area (Å²) in [5.74, 6) is -0.657. The molecule has 1 saturated heterocycles. The molecular formula is C11H20ClN3O2. The fraction of sp³-hybridized carbons (Fsp3) is 0.818. The summed E-state index contributed by atoms with van der Waals surface area (Å²) < 4.78 is 0. The molecule has 1 rings (SSSR count). The van der Waals surface area contributed by atoms with Crippen LogP contribution in [0.1, 0.15) is 26.2 Å². The summed E-state index contributed by atoms with van der Waals surface area (Å²) in [6, 6.07) is -0.282. The van der Waals surface area contributed by atoms with Crippen molar-refractivity contribution in [2.75, 3.05) is 25.5 Å². The summed E-state index contributed by atoms with van der Waals surface area (Å²) in [7, 11) is 0. The molecule has 0 aromatic heterocycles. The van der Waals surface area contributed by atoms with Gasteiger partial charge < -0.3 is 10.2 Å². The highest BCUT2D eigenvalue weighted by atomic mass is 35.5. The minimum atomic E-state index is -0.465. The Morgan fingerprint density at radius 2 is 2.00 bits per heavy atom. The zero-order chi connectivity index (χ0) is 12.7. The Hall–Kier alpha value is -0.810. The molecule has 5 nitrogen and oxygen atoms in total. The van der Waals surface area contributed by atoms with E-state index in [9.17, 15) is 9.59 Å². The van der Waals surface area contributed by atoms with Gasteiger partial charge in [-0.2, -0.15) is 0 Å². The molecular weight excluding hydrogens is 242 g/mol. The molecule has 6 heteroatoms. The van der Waals surface area contributed by atoms with Crippen LogP contribution in [0.4, 0.5) is 4.79 Å². The lowest BCUT2D eigenvalue weighted by molar-refractivity contribution is -0.117. The van der Waals surface area contributed by atoms with Crippen molar-refractivity contribution in [3.8, 4) is 0 Å². The van der Waals surface area contributed by atoms with Gasteiger partial charge in [0.25, 0.3) is 0 Å². The Bertz CT molecular complexity index is 265. The van der Waals surface area contributed by atoms with Crippen LogP contribution in [-0.4, -0.2) is 48.4 Å². The number of hydrogen-bond acceptors (Lipinski definition) is 3. The molecule has 0 aliphatic carbocycles. The number of nitrogens with one attached hydrogen (secondary N) is 2. The van der Waals surface area contributed by atoms with Crippen molar-refractivity contribution >= 4 is 23.5 Å². The molecule has 17 heavy (non-hydrogen) atoms. The van der Waals surface area contributed by atoms with Crippen LogP contribution in [0, 0.1) is 0 Å². The van der Waals surface area contributed by atoms with Gasteiger partial charge in [-0.05, 0) is 25.8 Å². The number of nitrogens with zero attached hydrogens (tertiary/aromatic N) is 1. The molecule has 0 aromatic rings. The second-order valence-corrected chi connectivity index (χ2v) is 4.54. The first-order valence-electron chi connectivity index (χ1n) is 6.04. The van der Waals surface area contributed by atoms with Crippen molar-refractivity contribution in [1.82, 2.24) is 15.5 Å². The number of hydrogen-bond donors (Lipinski definition) is 2. The number of alkyl halides is 1. The summed E-state index contributed by atoms with van der Waals surface area (Å²) in [5, 5.41) is 4.97. The first-order valence-corrected chi connectivity index (χ1v) is 6.57. The largest absolute Gasteiger partial charge is 0.335 e. The normalized spacial score (nSPS) is 17.8. The molecule has 0 atom stereocenters. The van der Waals surface area contributed by atoms with Crippen molar-refractivity contribution in [2.24, 2.45) is 0 Å². The van der Waals surface area contributed by atoms with Crippen molar-refractivity contribution in [3.05, 3.63) is 0 Å². The molecule has 1 aliphatic rings. The standard InChI is InChI=1S/C11H20ClN3O2/c1-2-5-15-6-3-9(4-7-15)13-11(17)14-10(16)8-12/h9H,2-8H2,1H3,(H2,13,14,16,17). The quantitative estimate of drug-likeness (QED) is 0.740. The van der Waals surface area contributed by atoms with Crippen LogP contribution in [0.5, 0.6) is 0 Å². The van der Waals surface area contributed by atoms with Crippen LogP contribution in [0.3, 0.4) is 0 Å². The van der Waals surface area contributed by atoms with E-state index in [2.05, 4.69) is 22.5 Å². The summed E-state index contributed by atoms with van der Waals surface area (Å²) in [6.07, 6.45) is 3.02. The van der Waals surface area contributed by atoms with Crippen LogP contribution in [0.2, 0.25) is 0 Å². The van der Waals surface area contributed by atoms with Gasteiger partial charge in [0.1, 0.15) is 5.88 Å². The number of imide groups is 1. The number of halogens is 1. The van der Waals surface area contributed by atoms with Crippen molar-refractivity contribution < 1.29 is 9.59 Å². The molecule has 0 aromatic carbocycles. The van der Waals surface area contributed by atoms with E-state index >= 15 is 0 Å². The summed E-state index contributed by atoms with van der Waals surface area (Å²) in [4.78, 5) is 24.7. The molecule has 1 heterocycles. The minimum absolute atomic E-state index is 0.159. The lowest BCUT2D eigenvalue weighted by Crippen LogP contribution is -2.49. The molecule has 0 bridgehead atoms. The maximum Gasteiger partial charge on any atom is 0.321 e. The van der Waals surface area contributed by atoms with Crippen LogP contribution >= 0.6 is 11.6 Å². The van der Waals surface area contributed by atoms with E-state index in [0.29, 0.717) is 0 Å². The molecule has 1 fully saturated rings. The molecule has 1 aliphatic heterocycles. The highest BCUT2D eigenvalue weighted by molar-refractivity contribution is 6.28. The first-order chi connectivity index (χ1) is 8.15. The van der Waals surface area contributed by atoms with Gasteiger partial charge in [0.05, 0.1) is 0 Å². The Morgan fingerprint density at radius 3 is 2.53 bits per heavy atom. The zero-order valence-electron chi connectivity index (χ0n) is 10.2. The molecule has 0 spiro atoms. The number of likely N-dealkylation sites (tertiary alicyclic amines) is 1. The molecule has 2 N–H and O–H groups in total. The van der Waals surface area contributed by atoms with Gasteiger partial charge in [0.2, 0.25) is 5.91 Å². The second kappa shape index (κ2) is 7.50. The van der Waals surface area contributed by atoms with E-state index in [4.69, 9.17) is 11.6 Å². The van der Waals surface area contributed by atoms with Crippen molar-refractivity contribution in [3.63, 3.8) is 0 Å². The van der Waals surface area contributed by atoms with E-state index in [1.165, 1.54) is 0 Å². The van der Waals surface area contributed by atoms with Gasteiger partial charge in [-0.3, -0.25) is 10.1 Å². The van der Waals surface area contributed by atoms with Crippen LogP contribution in [0.15, 0.2) is 0 Å². The third-order valence-electron chi connectivity index (χ3n) is 2.84. The first kappa shape index (κ1) is 14.3. The SMILES string of the molecule is CCCN1CCC(NC(=O)NC(=O)CCl)CC1. The number of rotatable bonds is 4. The maximum atomic E-state index is 11.4. The minimum Gasteiger partial charge on any atom is -0.335 e.